The third-order valence-corrected chi connectivity index (χ3v) is 6.92. The van der Waals surface area contributed by atoms with Crippen LogP contribution < -0.4 is 0 Å². The first-order valence-corrected chi connectivity index (χ1v) is 11.1. The molecule has 1 aromatic heterocycles. The standard InChI is InChI=1S/C20H27N3O3S/c1-3-22-13-11-21-20(22)17-5-4-12-23(15-17)19(24)10-14-27(25,26)18-8-6-16(2)7-9-18/h6-9,11,13,17H,3-5,10,12,14-15H2,1-2H3. The Labute approximate surface area is 161 Å². The van der Waals surface area contributed by atoms with Crippen molar-refractivity contribution < 1.29 is 13.2 Å². The van der Waals surface area contributed by atoms with E-state index in [1.807, 2.05) is 13.1 Å². The number of aryl methyl sites for hydroxylation is 2. The molecule has 7 heteroatoms. The zero-order valence-corrected chi connectivity index (χ0v) is 16.8. The quantitative estimate of drug-likeness (QED) is 0.762. The number of imidazole rings is 1. The molecule has 146 valence electrons. The van der Waals surface area contributed by atoms with Crippen LogP contribution in [0.25, 0.3) is 0 Å². The Morgan fingerprint density at radius 1 is 1.26 bits per heavy atom. The molecule has 1 aromatic carbocycles. The van der Waals surface area contributed by atoms with Gasteiger partial charge in [-0.1, -0.05) is 17.7 Å². The van der Waals surface area contributed by atoms with Gasteiger partial charge in [0.15, 0.2) is 9.84 Å². The van der Waals surface area contributed by atoms with Gasteiger partial charge in [0.1, 0.15) is 5.82 Å². The van der Waals surface area contributed by atoms with Gasteiger partial charge in [0.05, 0.1) is 10.6 Å². The van der Waals surface area contributed by atoms with Gasteiger partial charge in [-0.05, 0) is 38.8 Å². The van der Waals surface area contributed by atoms with E-state index < -0.39 is 9.84 Å². The maximum atomic E-state index is 12.6. The van der Waals surface area contributed by atoms with E-state index in [2.05, 4.69) is 16.5 Å². The van der Waals surface area contributed by atoms with Crippen molar-refractivity contribution in [2.24, 2.45) is 0 Å². The van der Waals surface area contributed by atoms with E-state index in [-0.39, 0.29) is 28.9 Å². The molecule has 1 aliphatic heterocycles. The number of carbonyl (C=O) groups excluding carboxylic acids is 1. The second-order valence-corrected chi connectivity index (χ2v) is 9.24. The molecule has 27 heavy (non-hydrogen) atoms. The zero-order chi connectivity index (χ0) is 19.4. The van der Waals surface area contributed by atoms with E-state index in [0.717, 1.165) is 30.8 Å². The minimum absolute atomic E-state index is 0.0190. The number of aromatic nitrogens is 2. The number of hydrogen-bond donors (Lipinski definition) is 0. The lowest BCUT2D eigenvalue weighted by Crippen LogP contribution is -2.40. The van der Waals surface area contributed by atoms with Crippen LogP contribution in [0.3, 0.4) is 0 Å². The molecule has 1 unspecified atom stereocenters. The molecule has 2 aromatic rings. The Morgan fingerprint density at radius 3 is 2.70 bits per heavy atom. The van der Waals surface area contributed by atoms with Crippen molar-refractivity contribution in [2.75, 3.05) is 18.8 Å². The van der Waals surface area contributed by atoms with E-state index in [9.17, 15) is 13.2 Å². The SMILES string of the molecule is CCn1ccnc1C1CCCN(C(=O)CCS(=O)(=O)c2ccc(C)cc2)C1. The average molecular weight is 390 g/mol. The van der Waals surface area contributed by atoms with Crippen LogP contribution in [0.5, 0.6) is 0 Å². The zero-order valence-electron chi connectivity index (χ0n) is 16.0. The smallest absolute Gasteiger partial charge is 0.223 e. The summed E-state index contributed by atoms with van der Waals surface area (Å²) in [5.41, 5.74) is 1.01. The molecule has 0 saturated carbocycles. The summed E-state index contributed by atoms with van der Waals surface area (Å²) in [5.74, 6) is 0.984. The molecule has 0 spiro atoms. The van der Waals surface area contributed by atoms with E-state index in [0.29, 0.717) is 13.1 Å². The van der Waals surface area contributed by atoms with E-state index in [1.54, 1.807) is 35.4 Å². The Morgan fingerprint density at radius 2 is 2.00 bits per heavy atom. The van der Waals surface area contributed by atoms with Crippen LogP contribution in [0.1, 0.15) is 43.5 Å². The van der Waals surface area contributed by atoms with Gasteiger partial charge >= 0.3 is 0 Å². The highest BCUT2D eigenvalue weighted by Gasteiger charge is 2.28. The lowest BCUT2D eigenvalue weighted by molar-refractivity contribution is -0.132. The summed E-state index contributed by atoms with van der Waals surface area (Å²) in [6, 6.07) is 6.77. The summed E-state index contributed by atoms with van der Waals surface area (Å²) < 4.78 is 27.1. The largest absolute Gasteiger partial charge is 0.342 e. The molecule has 0 N–H and O–H groups in total. The maximum Gasteiger partial charge on any atom is 0.223 e. The predicted octanol–water partition coefficient (Wildman–Crippen LogP) is 2.78. The van der Waals surface area contributed by atoms with Crippen molar-refractivity contribution in [1.82, 2.24) is 14.5 Å². The maximum absolute atomic E-state index is 12.6. The number of rotatable bonds is 6. The topological polar surface area (TPSA) is 72.3 Å². The molecule has 1 atom stereocenters. The van der Waals surface area contributed by atoms with Gasteiger partial charge in [0.2, 0.25) is 5.91 Å². The number of nitrogens with zero attached hydrogens (tertiary/aromatic N) is 3. The first kappa shape index (κ1) is 19.6. The molecule has 0 aliphatic carbocycles. The van der Waals surface area contributed by atoms with Crippen molar-refractivity contribution in [3.05, 3.63) is 48.0 Å². The molecule has 1 amide bonds. The van der Waals surface area contributed by atoms with Gasteiger partial charge in [-0.25, -0.2) is 13.4 Å². The Bertz CT molecular complexity index is 887. The molecular formula is C20H27N3O3S. The molecule has 1 aliphatic rings. The van der Waals surface area contributed by atoms with Crippen molar-refractivity contribution in [3.8, 4) is 0 Å². The minimum Gasteiger partial charge on any atom is -0.342 e. The fourth-order valence-electron chi connectivity index (χ4n) is 3.61. The fraction of sp³-hybridized carbons (Fsp3) is 0.500. The molecule has 3 rings (SSSR count). The summed E-state index contributed by atoms with van der Waals surface area (Å²) in [7, 11) is -3.44. The van der Waals surface area contributed by atoms with Gasteiger partial charge in [-0.15, -0.1) is 0 Å². The molecule has 1 fully saturated rings. The first-order chi connectivity index (χ1) is 12.9. The number of amides is 1. The van der Waals surface area contributed by atoms with Crippen molar-refractivity contribution in [1.29, 1.82) is 0 Å². The average Bonchev–Trinajstić information content (AvgIpc) is 3.15. The summed E-state index contributed by atoms with van der Waals surface area (Å²) in [6.45, 7) is 6.14. The number of likely N-dealkylation sites (tertiary alicyclic amines) is 1. The van der Waals surface area contributed by atoms with Crippen molar-refractivity contribution in [2.45, 2.75) is 50.5 Å². The van der Waals surface area contributed by atoms with Crippen LogP contribution in [-0.4, -0.2) is 47.6 Å². The molecule has 0 bridgehead atoms. The van der Waals surface area contributed by atoms with Crippen LogP contribution in [0.4, 0.5) is 0 Å². The highest BCUT2D eigenvalue weighted by Crippen LogP contribution is 2.26. The van der Waals surface area contributed by atoms with Gasteiger partial charge < -0.3 is 9.47 Å². The van der Waals surface area contributed by atoms with Crippen LogP contribution >= 0.6 is 0 Å². The normalized spacial score (nSPS) is 17.9. The highest BCUT2D eigenvalue weighted by molar-refractivity contribution is 7.91. The highest BCUT2D eigenvalue weighted by atomic mass is 32.2. The summed E-state index contributed by atoms with van der Waals surface area (Å²) in [6.07, 6.45) is 5.70. The molecule has 2 heterocycles. The number of benzene rings is 1. The molecular weight excluding hydrogens is 362 g/mol. The Hall–Kier alpha value is -2.15. The summed E-state index contributed by atoms with van der Waals surface area (Å²) in [5, 5.41) is 0. The summed E-state index contributed by atoms with van der Waals surface area (Å²) in [4.78, 5) is 19.2. The fourth-order valence-corrected chi connectivity index (χ4v) is 4.84. The molecule has 0 radical (unpaired) electrons. The lowest BCUT2D eigenvalue weighted by atomic mass is 9.97. The Kier molecular flexibility index (Phi) is 5.99. The van der Waals surface area contributed by atoms with Gasteiger partial charge in [-0.3, -0.25) is 4.79 Å². The predicted molar refractivity (Wildman–Crippen MR) is 104 cm³/mol. The second-order valence-electron chi connectivity index (χ2n) is 7.13. The van der Waals surface area contributed by atoms with Crippen molar-refractivity contribution >= 4 is 15.7 Å². The molecule has 1 saturated heterocycles. The van der Waals surface area contributed by atoms with Crippen LogP contribution in [-0.2, 0) is 21.2 Å². The first-order valence-electron chi connectivity index (χ1n) is 9.49. The van der Waals surface area contributed by atoms with E-state index in [1.165, 1.54) is 0 Å². The molecule has 6 nitrogen and oxygen atoms in total. The van der Waals surface area contributed by atoms with E-state index in [4.69, 9.17) is 0 Å². The van der Waals surface area contributed by atoms with Crippen LogP contribution in [0.2, 0.25) is 0 Å². The summed E-state index contributed by atoms with van der Waals surface area (Å²) >= 11 is 0. The minimum atomic E-state index is -3.44. The van der Waals surface area contributed by atoms with E-state index >= 15 is 0 Å². The Balaban J connectivity index is 1.61. The second kappa shape index (κ2) is 8.25. The van der Waals surface area contributed by atoms with Gasteiger partial charge in [-0.2, -0.15) is 0 Å². The monoisotopic (exact) mass is 389 g/mol. The lowest BCUT2D eigenvalue weighted by Gasteiger charge is -2.32. The van der Waals surface area contributed by atoms with Gasteiger partial charge in [0, 0.05) is 44.4 Å². The third-order valence-electron chi connectivity index (χ3n) is 5.19. The van der Waals surface area contributed by atoms with Crippen LogP contribution in [0, 0.1) is 6.92 Å². The van der Waals surface area contributed by atoms with Gasteiger partial charge in [0.25, 0.3) is 0 Å². The number of hydrogen-bond acceptors (Lipinski definition) is 4. The number of sulfone groups is 1. The van der Waals surface area contributed by atoms with Crippen LogP contribution in [0.15, 0.2) is 41.6 Å². The number of piperidine rings is 1. The third kappa shape index (κ3) is 4.58. The van der Waals surface area contributed by atoms with Crippen molar-refractivity contribution in [3.63, 3.8) is 0 Å². The number of carbonyl (C=O) groups is 1.